The molecule has 0 bridgehead atoms. The van der Waals surface area contributed by atoms with Gasteiger partial charge in [0.15, 0.2) is 0 Å². The molecule has 1 unspecified atom stereocenters. The zero-order chi connectivity index (χ0) is 50.3. The first-order valence-corrected chi connectivity index (χ1v) is 26.3. The van der Waals surface area contributed by atoms with E-state index in [0.717, 1.165) is 17.1 Å². The van der Waals surface area contributed by atoms with Gasteiger partial charge in [0.05, 0.1) is 5.69 Å². The van der Waals surface area contributed by atoms with Crippen molar-refractivity contribution in [1.82, 2.24) is 0 Å². The Balaban J connectivity index is 1.09. The molecule has 13 rings (SSSR count). The fourth-order valence-electron chi connectivity index (χ4n) is 12.7. The average Bonchev–Trinajstić information content (AvgIpc) is 3.85. The van der Waals surface area contributed by atoms with Crippen LogP contribution >= 0.6 is 0 Å². The third-order valence-electron chi connectivity index (χ3n) is 16.6. The number of hydrogen-bond donors (Lipinski definition) is 0. The molecular formula is C73H59N. The van der Waals surface area contributed by atoms with Gasteiger partial charge in [-0.05, 0) is 148 Å². The van der Waals surface area contributed by atoms with Gasteiger partial charge in [-0.15, -0.1) is 0 Å². The highest BCUT2D eigenvalue weighted by atomic mass is 15.1. The van der Waals surface area contributed by atoms with Gasteiger partial charge < -0.3 is 4.90 Å². The van der Waals surface area contributed by atoms with E-state index in [1.54, 1.807) is 0 Å². The number of fused-ring (bicyclic) bond motifs is 7. The van der Waals surface area contributed by atoms with E-state index in [2.05, 4.69) is 295 Å². The van der Waals surface area contributed by atoms with Crippen LogP contribution in [0.2, 0.25) is 0 Å². The molecule has 0 aromatic heterocycles. The Labute approximate surface area is 437 Å². The molecule has 0 amide bonds. The maximum Gasteiger partial charge on any atom is 0.0546 e. The predicted octanol–water partition coefficient (Wildman–Crippen LogP) is 19.9. The first-order valence-electron chi connectivity index (χ1n) is 26.3. The third-order valence-corrected chi connectivity index (χ3v) is 16.6. The molecule has 2 aliphatic carbocycles. The van der Waals surface area contributed by atoms with Gasteiger partial charge in [-0.2, -0.15) is 0 Å². The van der Waals surface area contributed by atoms with Crippen LogP contribution in [0.15, 0.2) is 249 Å². The second kappa shape index (κ2) is 17.3. The maximum atomic E-state index is 2.55. The van der Waals surface area contributed by atoms with E-state index in [1.807, 2.05) is 0 Å². The van der Waals surface area contributed by atoms with Gasteiger partial charge in [0.2, 0.25) is 0 Å². The van der Waals surface area contributed by atoms with Crippen LogP contribution in [0.25, 0.3) is 77.5 Å². The highest BCUT2D eigenvalue weighted by Crippen LogP contribution is 2.57. The first-order chi connectivity index (χ1) is 36.0. The summed E-state index contributed by atoms with van der Waals surface area (Å²) in [6, 6.07) is 93.4. The van der Waals surface area contributed by atoms with Crippen LogP contribution in [0, 0.1) is 0 Å². The predicted molar refractivity (Wildman–Crippen MR) is 314 cm³/mol. The molecule has 74 heavy (non-hydrogen) atoms. The lowest BCUT2D eigenvalue weighted by atomic mass is 9.74. The Morgan fingerprint density at radius 1 is 0.338 bits per heavy atom. The molecule has 0 aliphatic heterocycles. The van der Waals surface area contributed by atoms with Crippen LogP contribution < -0.4 is 4.90 Å². The minimum absolute atomic E-state index is 0.0534. The van der Waals surface area contributed by atoms with Gasteiger partial charge in [-0.1, -0.05) is 253 Å². The fraction of sp³-hybridized carbons (Fsp3) is 0.123. The lowest BCUT2D eigenvalue weighted by Crippen LogP contribution is -2.22. The topological polar surface area (TPSA) is 3.24 Å². The smallest absolute Gasteiger partial charge is 0.0546 e. The molecule has 0 saturated carbocycles. The number of rotatable bonds is 8. The van der Waals surface area contributed by atoms with E-state index in [9.17, 15) is 0 Å². The minimum Gasteiger partial charge on any atom is -0.310 e. The monoisotopic (exact) mass is 949 g/mol. The van der Waals surface area contributed by atoms with Crippen LogP contribution in [-0.4, -0.2) is 0 Å². The summed E-state index contributed by atoms with van der Waals surface area (Å²) in [7, 11) is 0. The van der Waals surface area contributed by atoms with Crippen molar-refractivity contribution in [3.8, 4) is 66.8 Å². The van der Waals surface area contributed by atoms with E-state index >= 15 is 0 Å². The van der Waals surface area contributed by atoms with Crippen molar-refractivity contribution in [2.75, 3.05) is 4.90 Å². The van der Waals surface area contributed by atoms with Gasteiger partial charge in [0.1, 0.15) is 0 Å². The van der Waals surface area contributed by atoms with Crippen molar-refractivity contribution in [1.29, 1.82) is 0 Å². The third kappa shape index (κ3) is 7.13. The Morgan fingerprint density at radius 3 is 1.64 bits per heavy atom. The molecule has 0 saturated heterocycles. The Hall–Kier alpha value is -8.52. The quantitative estimate of drug-likeness (QED) is 0.147. The summed E-state index contributed by atoms with van der Waals surface area (Å²) in [6.45, 7) is 14.0. The number of benzene rings is 11. The summed E-state index contributed by atoms with van der Waals surface area (Å²) in [5.74, 6) is 0. The van der Waals surface area contributed by atoms with Crippen molar-refractivity contribution < 1.29 is 0 Å². The van der Waals surface area contributed by atoms with Crippen molar-refractivity contribution in [2.24, 2.45) is 0 Å². The standard InChI is InChI=1S/C73H59N/c1-71(2,3)51-39-36-50(37-40-51)55-43-41-53(46-62(55)48-22-9-7-10-23-48)74(54-42-44-66-63(47-54)58-29-17-20-34-65(58)73(66,6)52-25-11-8-12-26-52)68-45-38-49-24-13-14-27-56(49)70(68)60-30-16-15-28-57(60)59-32-21-35-67-69(59)61-31-18-19-33-64(61)72(67,4)5/h7-47H,1-6H3. The molecule has 356 valence electrons. The molecule has 1 atom stereocenters. The summed E-state index contributed by atoms with van der Waals surface area (Å²) in [6.07, 6.45) is 0. The normalized spacial score (nSPS) is 15.1. The number of hydrogen-bond acceptors (Lipinski definition) is 1. The van der Waals surface area contributed by atoms with E-state index in [0.29, 0.717) is 0 Å². The molecule has 1 nitrogen and oxygen atoms in total. The van der Waals surface area contributed by atoms with Gasteiger partial charge in [0, 0.05) is 27.8 Å². The summed E-state index contributed by atoms with van der Waals surface area (Å²) in [5.41, 5.74) is 25.7. The summed E-state index contributed by atoms with van der Waals surface area (Å²) < 4.78 is 0. The molecule has 11 aromatic carbocycles. The lowest BCUT2D eigenvalue weighted by molar-refractivity contribution is 0.590. The number of anilines is 3. The Morgan fingerprint density at radius 2 is 0.892 bits per heavy atom. The first kappa shape index (κ1) is 45.4. The van der Waals surface area contributed by atoms with Crippen molar-refractivity contribution in [3.63, 3.8) is 0 Å². The van der Waals surface area contributed by atoms with Crippen LogP contribution in [0.5, 0.6) is 0 Å². The average molecular weight is 950 g/mol. The van der Waals surface area contributed by atoms with Gasteiger partial charge in [-0.25, -0.2) is 0 Å². The molecule has 11 aromatic rings. The molecule has 0 fully saturated rings. The highest BCUT2D eigenvalue weighted by molar-refractivity contribution is 6.10. The van der Waals surface area contributed by atoms with Crippen LogP contribution in [0.1, 0.15) is 74.9 Å². The fourth-order valence-corrected chi connectivity index (χ4v) is 12.7. The van der Waals surface area contributed by atoms with E-state index < -0.39 is 0 Å². The van der Waals surface area contributed by atoms with Crippen LogP contribution in [-0.2, 0) is 16.2 Å². The van der Waals surface area contributed by atoms with Gasteiger partial charge >= 0.3 is 0 Å². The van der Waals surface area contributed by atoms with E-state index in [1.165, 1.54) is 111 Å². The molecular weight excluding hydrogens is 891 g/mol. The number of nitrogens with zero attached hydrogens (tertiary/aromatic N) is 1. The zero-order valence-corrected chi connectivity index (χ0v) is 43.1. The molecule has 0 radical (unpaired) electrons. The largest absolute Gasteiger partial charge is 0.310 e. The SMILES string of the molecule is CC(C)(C)c1ccc(-c2ccc(N(c3ccc4c(c3)-c3ccccc3C4(C)c3ccccc3)c3ccc4ccccc4c3-c3ccccc3-c3cccc4c3-c3ccccc3C4(C)C)cc2-c2ccccc2)cc1. The molecule has 2 aliphatic rings. The summed E-state index contributed by atoms with van der Waals surface area (Å²) in [5, 5.41) is 2.41. The lowest BCUT2D eigenvalue weighted by Gasteiger charge is -2.32. The Kier molecular flexibility index (Phi) is 10.6. The van der Waals surface area contributed by atoms with E-state index in [-0.39, 0.29) is 16.2 Å². The molecule has 1 heteroatoms. The maximum absolute atomic E-state index is 2.55. The summed E-state index contributed by atoms with van der Waals surface area (Å²) in [4.78, 5) is 2.55. The molecule has 0 spiro atoms. The van der Waals surface area contributed by atoms with Crippen LogP contribution in [0.4, 0.5) is 17.1 Å². The summed E-state index contributed by atoms with van der Waals surface area (Å²) >= 11 is 0. The van der Waals surface area contributed by atoms with Crippen molar-refractivity contribution in [3.05, 3.63) is 282 Å². The minimum atomic E-state index is -0.322. The Bertz CT molecular complexity index is 3960. The van der Waals surface area contributed by atoms with Crippen molar-refractivity contribution >= 4 is 27.8 Å². The molecule has 0 N–H and O–H groups in total. The second-order valence-electron chi connectivity index (χ2n) is 22.2. The second-order valence-corrected chi connectivity index (χ2v) is 22.2. The van der Waals surface area contributed by atoms with Crippen LogP contribution in [0.3, 0.4) is 0 Å². The van der Waals surface area contributed by atoms with E-state index in [4.69, 9.17) is 0 Å². The zero-order valence-electron chi connectivity index (χ0n) is 43.1. The molecule has 0 heterocycles. The van der Waals surface area contributed by atoms with Gasteiger partial charge in [-0.3, -0.25) is 0 Å². The van der Waals surface area contributed by atoms with Gasteiger partial charge in [0.25, 0.3) is 0 Å². The van der Waals surface area contributed by atoms with Crippen molar-refractivity contribution in [2.45, 2.75) is 57.8 Å². The highest BCUT2D eigenvalue weighted by Gasteiger charge is 2.41.